The van der Waals surface area contributed by atoms with Crippen LogP contribution in [0.4, 0.5) is 4.79 Å². The highest BCUT2D eigenvalue weighted by molar-refractivity contribution is 5.95. The van der Waals surface area contributed by atoms with Gasteiger partial charge in [-0.3, -0.25) is 10.0 Å². The molecule has 6 nitrogen and oxygen atoms in total. The first-order chi connectivity index (χ1) is 11.1. The fourth-order valence-electron chi connectivity index (χ4n) is 2.42. The third-order valence-corrected chi connectivity index (χ3v) is 3.38. The Morgan fingerprint density at radius 2 is 1.96 bits per heavy atom. The van der Waals surface area contributed by atoms with E-state index >= 15 is 0 Å². The van der Waals surface area contributed by atoms with Crippen molar-refractivity contribution in [1.82, 2.24) is 5.48 Å². The third-order valence-electron chi connectivity index (χ3n) is 3.38. The van der Waals surface area contributed by atoms with Gasteiger partial charge in [0.1, 0.15) is 5.75 Å². The van der Waals surface area contributed by atoms with Gasteiger partial charge in [0.15, 0.2) is 0 Å². The SMILES string of the molecule is CCCc1cc(OC(=O)OCC)c2cccc(C(=O)NO)cc1-2. The highest BCUT2D eigenvalue weighted by atomic mass is 16.7. The number of amides is 1. The van der Waals surface area contributed by atoms with Gasteiger partial charge in [0.25, 0.3) is 5.91 Å². The van der Waals surface area contributed by atoms with Crippen molar-refractivity contribution in [2.24, 2.45) is 0 Å². The summed E-state index contributed by atoms with van der Waals surface area (Å²) in [6.45, 7) is 3.97. The zero-order valence-electron chi connectivity index (χ0n) is 13.1. The van der Waals surface area contributed by atoms with Gasteiger partial charge in [-0.2, -0.15) is 0 Å². The van der Waals surface area contributed by atoms with Gasteiger partial charge in [-0.25, -0.2) is 10.3 Å². The molecule has 0 bridgehead atoms. The van der Waals surface area contributed by atoms with Crippen LogP contribution < -0.4 is 10.2 Å². The molecule has 0 saturated heterocycles. The molecule has 0 aromatic heterocycles. The summed E-state index contributed by atoms with van der Waals surface area (Å²) in [6.07, 6.45) is 0.910. The molecular weight excluding hydrogens is 298 g/mol. The molecule has 0 heterocycles. The maximum atomic E-state index is 11.7. The number of aryl methyl sites for hydroxylation is 1. The molecule has 2 aliphatic carbocycles. The van der Waals surface area contributed by atoms with E-state index in [9.17, 15) is 9.59 Å². The summed E-state index contributed by atoms with van der Waals surface area (Å²) < 4.78 is 10.1. The molecule has 0 aliphatic heterocycles. The number of hydrogen-bond acceptors (Lipinski definition) is 5. The second-order valence-corrected chi connectivity index (χ2v) is 4.96. The van der Waals surface area contributed by atoms with Gasteiger partial charge >= 0.3 is 6.16 Å². The van der Waals surface area contributed by atoms with Crippen molar-refractivity contribution in [2.75, 3.05) is 6.61 Å². The van der Waals surface area contributed by atoms with Crippen LogP contribution in [-0.4, -0.2) is 23.9 Å². The molecule has 2 aliphatic rings. The van der Waals surface area contributed by atoms with E-state index < -0.39 is 12.1 Å². The first-order valence-electron chi connectivity index (χ1n) is 7.45. The van der Waals surface area contributed by atoms with E-state index in [1.165, 1.54) is 0 Å². The second kappa shape index (κ2) is 7.60. The number of hydroxylamine groups is 1. The molecule has 0 aromatic carbocycles. The Morgan fingerprint density at radius 3 is 2.61 bits per heavy atom. The number of nitrogens with one attached hydrogen (secondary N) is 1. The number of carbonyl (C=O) groups is 2. The molecule has 0 radical (unpaired) electrons. The van der Waals surface area contributed by atoms with Crippen LogP contribution in [0.3, 0.4) is 0 Å². The Labute approximate surface area is 134 Å². The lowest BCUT2D eigenvalue weighted by atomic mass is 10.0. The Kier molecular flexibility index (Phi) is 5.54. The van der Waals surface area contributed by atoms with E-state index in [0.717, 1.165) is 24.0 Å². The van der Waals surface area contributed by atoms with E-state index in [-0.39, 0.29) is 6.61 Å². The predicted octanol–water partition coefficient (Wildman–Crippen LogP) is 3.40. The maximum absolute atomic E-state index is 11.7. The number of rotatable bonds is 5. The van der Waals surface area contributed by atoms with Crippen molar-refractivity contribution in [3.63, 3.8) is 0 Å². The summed E-state index contributed by atoms with van der Waals surface area (Å²) in [7, 11) is 0. The minimum Gasteiger partial charge on any atom is -0.434 e. The van der Waals surface area contributed by atoms with Crippen LogP contribution in [0.2, 0.25) is 0 Å². The monoisotopic (exact) mass is 317 g/mol. The van der Waals surface area contributed by atoms with Crippen LogP contribution in [0.15, 0.2) is 30.3 Å². The molecule has 0 fully saturated rings. The van der Waals surface area contributed by atoms with E-state index in [0.29, 0.717) is 16.9 Å². The van der Waals surface area contributed by atoms with Gasteiger partial charge in [-0.1, -0.05) is 25.5 Å². The van der Waals surface area contributed by atoms with Crippen molar-refractivity contribution in [1.29, 1.82) is 0 Å². The van der Waals surface area contributed by atoms with Crippen molar-refractivity contribution in [3.8, 4) is 16.9 Å². The molecule has 1 amide bonds. The number of fused-ring (bicyclic) bond motifs is 1. The lowest BCUT2D eigenvalue weighted by molar-refractivity contribution is 0.0706. The quantitative estimate of drug-likeness (QED) is 0.501. The fourth-order valence-corrected chi connectivity index (χ4v) is 2.42. The van der Waals surface area contributed by atoms with E-state index in [4.69, 9.17) is 14.7 Å². The van der Waals surface area contributed by atoms with Crippen molar-refractivity contribution in [3.05, 3.63) is 41.5 Å². The normalized spacial score (nSPS) is 10.4. The standard InChI is InChI=1S/C17H19NO5/c1-3-6-11-10-15(23-17(20)22-4-2)13-8-5-7-12(9-14(11)13)16(19)18-21/h5,7-10,21H,3-4,6H2,1-2H3,(H,18,19). The molecule has 23 heavy (non-hydrogen) atoms. The third kappa shape index (κ3) is 3.78. The van der Waals surface area contributed by atoms with E-state index in [1.54, 1.807) is 42.7 Å². The molecule has 2 N–H and O–H groups in total. The summed E-state index contributed by atoms with van der Waals surface area (Å²) in [6, 6.07) is 8.46. The first kappa shape index (κ1) is 16.8. The molecule has 0 unspecified atom stereocenters. The highest BCUT2D eigenvalue weighted by Crippen LogP contribution is 2.39. The Hall–Kier alpha value is -2.60. The summed E-state index contributed by atoms with van der Waals surface area (Å²) in [5, 5.41) is 8.81. The van der Waals surface area contributed by atoms with Gasteiger partial charge in [-0.15, -0.1) is 0 Å². The summed E-state index contributed by atoms with van der Waals surface area (Å²) in [4.78, 5) is 23.2. The zero-order valence-corrected chi connectivity index (χ0v) is 13.1. The summed E-state index contributed by atoms with van der Waals surface area (Å²) >= 11 is 0. The Morgan fingerprint density at radius 1 is 1.17 bits per heavy atom. The molecule has 6 heteroatoms. The van der Waals surface area contributed by atoms with E-state index in [2.05, 4.69) is 0 Å². The highest BCUT2D eigenvalue weighted by Gasteiger charge is 2.20. The van der Waals surface area contributed by atoms with Gasteiger partial charge < -0.3 is 9.47 Å². The second-order valence-electron chi connectivity index (χ2n) is 4.96. The van der Waals surface area contributed by atoms with E-state index in [1.807, 2.05) is 6.92 Å². The Balaban J connectivity index is 2.48. The minimum atomic E-state index is -0.762. The topological polar surface area (TPSA) is 84.9 Å². The fraction of sp³-hybridized carbons (Fsp3) is 0.294. The van der Waals surface area contributed by atoms with Crippen LogP contribution in [0.5, 0.6) is 5.75 Å². The molecule has 0 atom stereocenters. The van der Waals surface area contributed by atoms with Crippen molar-refractivity contribution >= 4 is 12.1 Å². The lowest BCUT2D eigenvalue weighted by Gasteiger charge is -2.04. The van der Waals surface area contributed by atoms with Crippen molar-refractivity contribution < 1.29 is 24.3 Å². The smallest absolute Gasteiger partial charge is 0.434 e. The summed E-state index contributed by atoms with van der Waals surface area (Å²) in [5.74, 6) is -0.201. The Bertz CT molecular complexity index is 683. The lowest BCUT2D eigenvalue weighted by Crippen LogP contribution is -2.18. The predicted molar refractivity (Wildman–Crippen MR) is 84.0 cm³/mol. The molecule has 122 valence electrons. The van der Waals surface area contributed by atoms with Crippen LogP contribution >= 0.6 is 0 Å². The first-order valence-corrected chi connectivity index (χ1v) is 7.45. The average molecular weight is 317 g/mol. The molecule has 2 rings (SSSR count). The largest absolute Gasteiger partial charge is 0.513 e. The average Bonchev–Trinajstić information content (AvgIpc) is 2.72. The number of hydrogen-bond donors (Lipinski definition) is 2. The molecular formula is C17H19NO5. The van der Waals surface area contributed by atoms with Crippen LogP contribution in [-0.2, 0) is 11.2 Å². The number of carbonyl (C=O) groups excluding carboxylic acids is 2. The minimum absolute atomic E-state index is 0.230. The molecule has 0 saturated carbocycles. The molecule has 0 aromatic rings. The van der Waals surface area contributed by atoms with Gasteiger partial charge in [0.05, 0.1) is 6.61 Å². The van der Waals surface area contributed by atoms with Gasteiger partial charge in [0, 0.05) is 11.1 Å². The van der Waals surface area contributed by atoms with Gasteiger partial charge in [0.2, 0.25) is 0 Å². The number of ether oxygens (including phenoxy) is 2. The van der Waals surface area contributed by atoms with Crippen LogP contribution in [0.25, 0.3) is 11.1 Å². The molecule has 0 spiro atoms. The van der Waals surface area contributed by atoms with Crippen molar-refractivity contribution in [2.45, 2.75) is 26.7 Å². The van der Waals surface area contributed by atoms with Crippen LogP contribution in [0, 0.1) is 0 Å². The van der Waals surface area contributed by atoms with Crippen LogP contribution in [0.1, 0.15) is 36.2 Å². The van der Waals surface area contributed by atoms with Gasteiger partial charge in [-0.05, 0) is 42.7 Å². The summed E-state index contributed by atoms with van der Waals surface area (Å²) in [5.41, 5.74) is 4.41. The zero-order chi connectivity index (χ0) is 16.8. The maximum Gasteiger partial charge on any atom is 0.513 e.